The minimum absolute atomic E-state index is 0.0278. The second-order valence-corrected chi connectivity index (χ2v) is 9.77. The number of hydrogen-bond donors (Lipinski definition) is 1. The molecule has 158 valence electrons. The van der Waals surface area contributed by atoms with E-state index in [1.54, 1.807) is 0 Å². The van der Waals surface area contributed by atoms with Gasteiger partial charge in [-0.05, 0) is 30.7 Å². The van der Waals surface area contributed by atoms with Gasteiger partial charge in [-0.25, -0.2) is 13.4 Å². The smallest absolute Gasteiger partial charge is 0.274 e. The van der Waals surface area contributed by atoms with Crippen LogP contribution in [0, 0.1) is 10.1 Å². The van der Waals surface area contributed by atoms with Crippen molar-refractivity contribution in [1.82, 2.24) is 4.98 Å². The number of carbonyl (C=O) groups is 1. The zero-order chi connectivity index (χ0) is 21.9. The van der Waals surface area contributed by atoms with Crippen LogP contribution in [0.5, 0.6) is 5.75 Å². The third-order valence-electron chi connectivity index (χ3n) is 4.11. The standard InChI is InChI=1S/C18H16ClN3O6S2/c1-28-14-9-12(22(24)25)10-15-17(14)21-18(29-15)20-16(23)3-2-8-30(26,27)13-6-4-11(19)5-7-13/h4-7,9-10H,2-3,8H2,1H3,(H,20,21,23). The molecule has 1 N–H and O–H groups in total. The number of rotatable bonds is 8. The molecule has 0 atom stereocenters. The van der Waals surface area contributed by atoms with Gasteiger partial charge in [-0.2, -0.15) is 0 Å². The van der Waals surface area contributed by atoms with Crippen LogP contribution >= 0.6 is 22.9 Å². The summed E-state index contributed by atoms with van der Waals surface area (Å²) in [5.74, 6) is -0.374. The van der Waals surface area contributed by atoms with E-state index in [0.717, 1.165) is 11.3 Å². The molecule has 0 bridgehead atoms. The molecule has 0 saturated heterocycles. The van der Waals surface area contributed by atoms with Crippen molar-refractivity contribution >= 4 is 59.7 Å². The second kappa shape index (κ2) is 8.94. The summed E-state index contributed by atoms with van der Waals surface area (Å²) in [5.41, 5.74) is 0.252. The molecule has 0 saturated carbocycles. The molecule has 2 aromatic carbocycles. The van der Waals surface area contributed by atoms with Gasteiger partial charge in [0.05, 0.1) is 33.4 Å². The number of nitro benzene ring substituents is 1. The topological polar surface area (TPSA) is 128 Å². The highest BCUT2D eigenvalue weighted by Gasteiger charge is 2.18. The van der Waals surface area contributed by atoms with E-state index in [4.69, 9.17) is 16.3 Å². The molecule has 0 aliphatic carbocycles. The summed E-state index contributed by atoms with van der Waals surface area (Å²) in [4.78, 5) is 27.1. The van der Waals surface area contributed by atoms with Gasteiger partial charge < -0.3 is 10.1 Å². The molecule has 1 amide bonds. The zero-order valence-electron chi connectivity index (χ0n) is 15.6. The molecular weight excluding hydrogens is 454 g/mol. The molecule has 9 nitrogen and oxygen atoms in total. The van der Waals surface area contributed by atoms with E-state index in [1.807, 2.05) is 0 Å². The first-order valence-electron chi connectivity index (χ1n) is 8.61. The van der Waals surface area contributed by atoms with Gasteiger partial charge in [-0.1, -0.05) is 22.9 Å². The molecule has 3 rings (SSSR count). The lowest BCUT2D eigenvalue weighted by atomic mass is 10.3. The first-order chi connectivity index (χ1) is 14.2. The maximum absolute atomic E-state index is 12.3. The minimum atomic E-state index is -3.52. The summed E-state index contributed by atoms with van der Waals surface area (Å²) in [6.07, 6.45) is 0.0938. The summed E-state index contributed by atoms with van der Waals surface area (Å²) in [6, 6.07) is 8.44. The highest BCUT2D eigenvalue weighted by Crippen LogP contribution is 2.36. The number of anilines is 1. The number of methoxy groups -OCH3 is 1. The van der Waals surface area contributed by atoms with Crippen molar-refractivity contribution in [3.05, 3.63) is 51.5 Å². The van der Waals surface area contributed by atoms with Crippen LogP contribution in [0.4, 0.5) is 10.8 Å². The van der Waals surface area contributed by atoms with Crippen LogP contribution in [0.15, 0.2) is 41.3 Å². The molecule has 0 spiro atoms. The van der Waals surface area contributed by atoms with Crippen molar-refractivity contribution in [1.29, 1.82) is 0 Å². The molecule has 0 fully saturated rings. The number of fused-ring (bicyclic) bond motifs is 1. The minimum Gasteiger partial charge on any atom is -0.494 e. The van der Waals surface area contributed by atoms with E-state index in [1.165, 1.54) is 43.5 Å². The first-order valence-corrected chi connectivity index (χ1v) is 11.5. The van der Waals surface area contributed by atoms with Crippen molar-refractivity contribution in [2.24, 2.45) is 0 Å². The Morgan fingerprint density at radius 3 is 2.63 bits per heavy atom. The molecule has 0 aliphatic heterocycles. The fourth-order valence-corrected chi connectivity index (χ4v) is 5.03. The Hall–Kier alpha value is -2.76. The molecule has 0 aliphatic rings. The number of aromatic nitrogens is 1. The maximum atomic E-state index is 12.3. The Morgan fingerprint density at radius 1 is 1.30 bits per heavy atom. The van der Waals surface area contributed by atoms with Crippen LogP contribution in [-0.2, 0) is 14.6 Å². The van der Waals surface area contributed by atoms with Gasteiger partial charge in [0, 0.05) is 17.5 Å². The lowest BCUT2D eigenvalue weighted by Gasteiger charge is -2.05. The summed E-state index contributed by atoms with van der Waals surface area (Å²) < 4.78 is 30.2. The lowest BCUT2D eigenvalue weighted by Crippen LogP contribution is -2.14. The van der Waals surface area contributed by atoms with Gasteiger partial charge >= 0.3 is 0 Å². The van der Waals surface area contributed by atoms with E-state index < -0.39 is 20.7 Å². The van der Waals surface area contributed by atoms with Crippen LogP contribution < -0.4 is 10.1 Å². The van der Waals surface area contributed by atoms with Gasteiger partial charge in [0.15, 0.2) is 20.7 Å². The number of thiazole rings is 1. The highest BCUT2D eigenvalue weighted by atomic mass is 35.5. The quantitative estimate of drug-likeness (QED) is 0.389. The van der Waals surface area contributed by atoms with Crippen LogP contribution in [0.1, 0.15) is 12.8 Å². The molecule has 1 heterocycles. The Bertz CT molecular complexity index is 1210. The molecule has 12 heteroatoms. The number of nitrogens with zero attached hydrogens (tertiary/aromatic N) is 2. The lowest BCUT2D eigenvalue weighted by molar-refractivity contribution is -0.384. The fraction of sp³-hybridized carbons (Fsp3) is 0.222. The zero-order valence-corrected chi connectivity index (χ0v) is 18.0. The first kappa shape index (κ1) is 21.9. The molecule has 0 unspecified atom stereocenters. The SMILES string of the molecule is COc1cc([N+](=O)[O-])cc2sc(NC(=O)CCCS(=O)(=O)c3ccc(Cl)cc3)nc12. The molecule has 0 radical (unpaired) electrons. The Kier molecular flexibility index (Phi) is 6.54. The number of carbonyl (C=O) groups excluding carboxylic acids is 1. The van der Waals surface area contributed by atoms with Crippen molar-refractivity contribution in [2.45, 2.75) is 17.7 Å². The van der Waals surface area contributed by atoms with Gasteiger partial charge in [0.1, 0.15) is 5.52 Å². The number of non-ortho nitro benzene ring substituents is 1. The number of amides is 1. The fourth-order valence-electron chi connectivity index (χ4n) is 2.66. The number of ether oxygens (including phenoxy) is 1. The number of hydrogen-bond acceptors (Lipinski definition) is 8. The van der Waals surface area contributed by atoms with E-state index in [-0.39, 0.29) is 40.1 Å². The van der Waals surface area contributed by atoms with Crippen molar-refractivity contribution < 1.29 is 22.9 Å². The number of halogens is 1. The second-order valence-electron chi connectivity index (χ2n) is 6.20. The average molecular weight is 470 g/mol. The number of nitrogens with one attached hydrogen (secondary N) is 1. The van der Waals surface area contributed by atoms with Gasteiger partial charge in [-0.15, -0.1) is 0 Å². The Morgan fingerprint density at radius 2 is 2.00 bits per heavy atom. The number of benzene rings is 2. The van der Waals surface area contributed by atoms with Gasteiger partial charge in [0.25, 0.3) is 5.69 Å². The van der Waals surface area contributed by atoms with Gasteiger partial charge in [-0.3, -0.25) is 14.9 Å². The van der Waals surface area contributed by atoms with E-state index in [0.29, 0.717) is 15.2 Å². The molecule has 1 aromatic heterocycles. The van der Waals surface area contributed by atoms with Crippen LogP contribution in [-0.4, -0.2) is 37.1 Å². The van der Waals surface area contributed by atoms with Crippen LogP contribution in [0.2, 0.25) is 5.02 Å². The van der Waals surface area contributed by atoms with Crippen molar-refractivity contribution in [3.8, 4) is 5.75 Å². The summed E-state index contributed by atoms with van der Waals surface area (Å²) in [7, 11) is -2.15. The van der Waals surface area contributed by atoms with Crippen LogP contribution in [0.3, 0.4) is 0 Å². The largest absolute Gasteiger partial charge is 0.494 e. The Balaban J connectivity index is 1.64. The summed E-state index contributed by atoms with van der Waals surface area (Å²) in [5, 5.41) is 14.3. The molecule has 30 heavy (non-hydrogen) atoms. The van der Waals surface area contributed by atoms with Crippen molar-refractivity contribution in [3.63, 3.8) is 0 Å². The van der Waals surface area contributed by atoms with E-state index >= 15 is 0 Å². The predicted octanol–water partition coefficient (Wildman–Crippen LogP) is 4.06. The third kappa shape index (κ3) is 5.04. The normalized spacial score (nSPS) is 11.4. The summed E-state index contributed by atoms with van der Waals surface area (Å²) in [6.45, 7) is 0. The van der Waals surface area contributed by atoms with Gasteiger partial charge in [0.2, 0.25) is 5.91 Å². The maximum Gasteiger partial charge on any atom is 0.274 e. The van der Waals surface area contributed by atoms with Crippen LogP contribution in [0.25, 0.3) is 10.2 Å². The summed E-state index contributed by atoms with van der Waals surface area (Å²) >= 11 is 6.83. The van der Waals surface area contributed by atoms with Crippen molar-refractivity contribution in [2.75, 3.05) is 18.2 Å². The highest BCUT2D eigenvalue weighted by molar-refractivity contribution is 7.91. The van der Waals surface area contributed by atoms with E-state index in [2.05, 4.69) is 10.3 Å². The monoisotopic (exact) mass is 469 g/mol. The third-order valence-corrected chi connectivity index (χ3v) is 7.10. The predicted molar refractivity (Wildman–Crippen MR) is 114 cm³/mol. The molecular formula is C18H16ClN3O6S2. The number of nitro groups is 1. The van der Waals surface area contributed by atoms with E-state index in [9.17, 15) is 23.3 Å². The average Bonchev–Trinajstić information content (AvgIpc) is 3.09. The Labute approximate surface area is 180 Å². The number of sulfone groups is 1. The molecule has 3 aromatic rings.